The van der Waals surface area contributed by atoms with Crippen molar-refractivity contribution in [2.75, 3.05) is 27.3 Å². The molecule has 4 bridgehead atoms. The molecule has 4 fully saturated rings. The third-order valence-electron chi connectivity index (χ3n) is 17.4. The molecular weight excluding hydrogens is 1210 g/mol. The summed E-state index contributed by atoms with van der Waals surface area (Å²) in [6, 6.07) is 5.69. The van der Waals surface area contributed by atoms with E-state index in [9.17, 15) is 28.8 Å². The quantitative estimate of drug-likeness (QED) is 0.143. The van der Waals surface area contributed by atoms with Crippen LogP contribution < -0.4 is 29.6 Å². The first-order valence-electron chi connectivity index (χ1n) is 29.1. The molecule has 2 radical (unpaired) electrons. The van der Waals surface area contributed by atoms with Gasteiger partial charge in [0, 0.05) is 55.2 Å². The van der Waals surface area contributed by atoms with E-state index in [2.05, 4.69) is 30.6 Å². The fourth-order valence-corrected chi connectivity index (χ4v) is 11.8. The average Bonchev–Trinajstić information content (AvgIpc) is 2.33. The third kappa shape index (κ3) is 15.0. The Hall–Kier alpha value is -5.97. The van der Waals surface area contributed by atoms with Gasteiger partial charge in [-0.1, -0.05) is 80.3 Å². The van der Waals surface area contributed by atoms with E-state index in [1.54, 1.807) is 98.7 Å². The van der Waals surface area contributed by atoms with Gasteiger partial charge in [-0.15, -0.1) is 0 Å². The molecule has 26 heteroatoms. The summed E-state index contributed by atoms with van der Waals surface area (Å²) in [5.41, 5.74) is -1.40. The number of rotatable bonds is 4. The zero-order valence-electron chi connectivity index (χ0n) is 50.7. The number of benzene rings is 2. The molecule has 2 saturated heterocycles. The molecule has 0 spiro atoms. The SMILES string of the molecule is COc1ccc2nc3c(nc2c1)O[C@H]1CN(C(=O)[C@H](C(C)(C)C)NC(=O)O[C@@H]2C[C@H]2CCCC(F)C3F)[C@H]([C-]=O)[C@@H]1C.COc1ccc2nc3c(nc2c1)O[C@H]1CN(C(=O)[C@H](C(C)(C)C)NC(=O)O[C@]2(C)C[C@H]2CCCC(F)C3F)[C@H]([C-]=O)[C@@H]1C.[V].[V]. The van der Waals surface area contributed by atoms with Crippen molar-refractivity contribution in [3.63, 3.8) is 0 Å². The van der Waals surface area contributed by atoms with Crippen LogP contribution in [0.4, 0.5) is 27.2 Å². The zero-order valence-corrected chi connectivity index (χ0v) is 53.5. The number of hydrogen-bond donors (Lipinski definition) is 2. The molecular formula is C61H76F4N8O12V2-2. The molecule has 472 valence electrons. The maximum atomic E-state index is 15.9. The van der Waals surface area contributed by atoms with Crippen LogP contribution in [0.3, 0.4) is 0 Å². The Balaban J connectivity index is 0.000000243. The van der Waals surface area contributed by atoms with Crippen LogP contribution in [-0.4, -0.2) is 154 Å². The number of ether oxygens (including phenoxy) is 6. The number of nitrogens with one attached hydrogen (secondary N) is 2. The van der Waals surface area contributed by atoms with Gasteiger partial charge in [-0.05, 0) is 98.3 Å². The van der Waals surface area contributed by atoms with E-state index < -0.39 is 113 Å². The summed E-state index contributed by atoms with van der Waals surface area (Å²) in [6.45, 7) is 15.9. The largest absolute Gasteiger partial charge is 0.540 e. The summed E-state index contributed by atoms with van der Waals surface area (Å²) in [5, 5.41) is 5.43. The molecule has 2 saturated carbocycles. The van der Waals surface area contributed by atoms with E-state index >= 15 is 17.6 Å². The van der Waals surface area contributed by atoms with Gasteiger partial charge in [-0.25, -0.2) is 59.7 Å². The molecule has 6 heterocycles. The van der Waals surface area contributed by atoms with Gasteiger partial charge < -0.3 is 58.4 Å². The molecule has 4 aromatic rings. The van der Waals surface area contributed by atoms with Gasteiger partial charge in [0.25, 0.3) is 0 Å². The molecule has 6 aliphatic rings. The van der Waals surface area contributed by atoms with Crippen LogP contribution >= 0.6 is 0 Å². The first-order valence-corrected chi connectivity index (χ1v) is 29.1. The Morgan fingerprint density at radius 2 is 1.05 bits per heavy atom. The molecule has 4 unspecified atom stereocenters. The summed E-state index contributed by atoms with van der Waals surface area (Å²) in [5.74, 6) is -1.58. The van der Waals surface area contributed by atoms with Crippen LogP contribution in [0, 0.1) is 34.5 Å². The van der Waals surface area contributed by atoms with E-state index in [0.717, 1.165) is 0 Å². The van der Waals surface area contributed by atoms with E-state index in [4.69, 9.17) is 28.4 Å². The molecule has 16 atom stereocenters. The molecule has 4 amide bonds. The maximum Gasteiger partial charge on any atom is 0.408 e. The predicted molar refractivity (Wildman–Crippen MR) is 301 cm³/mol. The van der Waals surface area contributed by atoms with Crippen molar-refractivity contribution in [3.8, 4) is 23.3 Å². The maximum absolute atomic E-state index is 15.9. The molecule has 87 heavy (non-hydrogen) atoms. The number of alkyl halides is 4. The minimum Gasteiger partial charge on any atom is -0.540 e. The molecule has 2 aromatic heterocycles. The second kappa shape index (κ2) is 27.4. The predicted octanol–water partition coefficient (Wildman–Crippen LogP) is 9.19. The second-order valence-corrected chi connectivity index (χ2v) is 25.8. The van der Waals surface area contributed by atoms with Crippen molar-refractivity contribution < 1.29 is 112 Å². The van der Waals surface area contributed by atoms with Gasteiger partial charge in [0.1, 0.15) is 71.2 Å². The van der Waals surface area contributed by atoms with Crippen LogP contribution in [0.1, 0.15) is 137 Å². The monoisotopic (exact) mass is 1290 g/mol. The van der Waals surface area contributed by atoms with Gasteiger partial charge >= 0.3 is 12.2 Å². The van der Waals surface area contributed by atoms with Gasteiger partial charge in [0.2, 0.25) is 23.6 Å². The van der Waals surface area contributed by atoms with Gasteiger partial charge in [0.05, 0.1) is 49.4 Å². The van der Waals surface area contributed by atoms with Crippen LogP contribution in [-0.2, 0) is 65.8 Å². The van der Waals surface area contributed by atoms with Crippen molar-refractivity contribution in [2.45, 2.75) is 186 Å². The summed E-state index contributed by atoms with van der Waals surface area (Å²) in [7, 11) is 2.99. The van der Waals surface area contributed by atoms with E-state index in [0.29, 0.717) is 72.1 Å². The fourth-order valence-electron chi connectivity index (χ4n) is 11.8. The fraction of sp³-hybridized carbons (Fsp3) is 0.639. The van der Waals surface area contributed by atoms with Crippen molar-refractivity contribution in [2.24, 2.45) is 34.5 Å². The Bertz CT molecular complexity index is 3180. The van der Waals surface area contributed by atoms with Crippen molar-refractivity contribution in [3.05, 3.63) is 47.8 Å². The van der Waals surface area contributed by atoms with E-state index in [-0.39, 0.29) is 104 Å². The molecule has 4 aliphatic heterocycles. The van der Waals surface area contributed by atoms with Gasteiger partial charge in [-0.2, -0.15) is 0 Å². The average molecular weight is 1290 g/mol. The first-order chi connectivity index (χ1) is 40.2. The summed E-state index contributed by atoms with van der Waals surface area (Å²) < 4.78 is 96.5. The van der Waals surface area contributed by atoms with E-state index in [1.165, 1.54) is 24.0 Å². The van der Waals surface area contributed by atoms with Gasteiger partial charge in [-0.3, -0.25) is 9.59 Å². The van der Waals surface area contributed by atoms with E-state index in [1.807, 2.05) is 12.6 Å². The molecule has 2 N–H and O–H groups in total. The Morgan fingerprint density at radius 3 is 1.47 bits per heavy atom. The van der Waals surface area contributed by atoms with Crippen molar-refractivity contribution >= 4 is 58.6 Å². The number of hydrogen-bond acceptors (Lipinski definition) is 16. The normalized spacial score (nSPS) is 32.3. The number of carbonyl (C=O) groups excluding carboxylic acids is 6. The molecule has 20 nitrogen and oxygen atoms in total. The number of alkyl carbamates (subject to hydrolysis) is 2. The van der Waals surface area contributed by atoms with Crippen LogP contribution in [0.5, 0.6) is 23.3 Å². The summed E-state index contributed by atoms with van der Waals surface area (Å²) >= 11 is 0. The first kappa shape index (κ1) is 68.5. The zero-order chi connectivity index (χ0) is 61.6. The second-order valence-electron chi connectivity index (χ2n) is 25.8. The van der Waals surface area contributed by atoms with Crippen molar-refractivity contribution in [1.82, 2.24) is 40.4 Å². The number of methoxy groups -OCH3 is 2. The number of halogens is 4. The topological polar surface area (TPSA) is 240 Å². The number of amides is 4. The Kier molecular flexibility index (Phi) is 21.6. The number of aromatic nitrogens is 4. The van der Waals surface area contributed by atoms with Crippen LogP contribution in [0.2, 0.25) is 0 Å². The molecule has 2 aromatic carbocycles. The Morgan fingerprint density at radius 1 is 0.609 bits per heavy atom. The third-order valence-corrected chi connectivity index (χ3v) is 17.4. The van der Waals surface area contributed by atoms with Crippen LogP contribution in [0.15, 0.2) is 36.4 Å². The smallest absolute Gasteiger partial charge is 0.408 e. The van der Waals surface area contributed by atoms with Crippen LogP contribution in [0.25, 0.3) is 22.1 Å². The minimum absolute atomic E-state index is 0. The number of fused-ring (bicyclic) bond motifs is 10. The summed E-state index contributed by atoms with van der Waals surface area (Å²) in [4.78, 5) is 98.3. The minimum atomic E-state index is -2.13. The number of nitrogens with zero attached hydrogens (tertiary/aromatic N) is 6. The standard InChI is InChI=1S/C31H39F2N4O6.C30H37F2N4O6.2V/c1-16-22(15-38)37-14-23(16)42-27-25(34-20-11-10-18(41-6)12-21(20)35-27)24(33)19(32)9-7-8-17-13-31(17,5)43-29(40)36-26(28(37)39)30(2,3)4;1-15-21(14-37)36-13-23(15)41-27-25(33-19-10-9-17(40-5)12-20(19)34-27)24(32)18(31)8-6-7-16-11-22(16)42-29(39)35-26(28(36)38)30(2,3)4;;/h10-12,16-17,19,22-24,26H,7-9,13-14H2,1-6H3,(H,36,40);9-10,12,15-16,18,21-24,26H,6-8,11,13H2,1-5H3,(H,35,39);;/q2*-1;;/t16-,17+,19?,22+,23-,24?,26+,31+;15-,16+,18?,21+,22+,23-,24?,26+;;/m00../s1. The number of carbonyl (C=O) groups is 4. The molecule has 10 rings (SSSR count). The summed E-state index contributed by atoms with van der Waals surface area (Å²) in [6.07, 6.45) is -4.71. The Labute approximate surface area is 527 Å². The van der Waals surface area contributed by atoms with Crippen molar-refractivity contribution in [1.29, 1.82) is 0 Å². The van der Waals surface area contributed by atoms with Gasteiger partial charge in [0.15, 0.2) is 12.3 Å². The molecule has 2 aliphatic carbocycles.